The maximum absolute atomic E-state index is 12.4. The lowest BCUT2D eigenvalue weighted by Crippen LogP contribution is -2.57. The van der Waals surface area contributed by atoms with Crippen molar-refractivity contribution in [2.75, 3.05) is 6.54 Å². The van der Waals surface area contributed by atoms with E-state index in [1.165, 1.54) is 32.1 Å². The summed E-state index contributed by atoms with van der Waals surface area (Å²) in [4.78, 5) is 16.5. The van der Waals surface area contributed by atoms with Crippen LogP contribution in [0.5, 0.6) is 0 Å². The first-order valence-electron chi connectivity index (χ1n) is 8.14. The van der Waals surface area contributed by atoms with Crippen molar-refractivity contribution in [1.82, 2.24) is 15.6 Å². The van der Waals surface area contributed by atoms with Gasteiger partial charge in [0, 0.05) is 24.0 Å². The van der Waals surface area contributed by atoms with Crippen LogP contribution in [0.2, 0.25) is 0 Å². The van der Waals surface area contributed by atoms with E-state index in [-0.39, 0.29) is 17.5 Å². The zero-order chi connectivity index (χ0) is 14.7. The smallest absolute Gasteiger partial charge is 0.253 e. The van der Waals surface area contributed by atoms with Crippen molar-refractivity contribution in [3.63, 3.8) is 0 Å². The minimum absolute atomic E-state index is 0.0176. The van der Waals surface area contributed by atoms with Gasteiger partial charge >= 0.3 is 0 Å². The van der Waals surface area contributed by atoms with Gasteiger partial charge < -0.3 is 10.6 Å². The summed E-state index contributed by atoms with van der Waals surface area (Å²) in [7, 11) is 0. The van der Waals surface area contributed by atoms with E-state index in [1.54, 1.807) is 12.4 Å². The standard InChI is InChI=1S/C17H25N3O/c1-13-9-14(12-18-11-13)16(21)20-15-5-8-19-17(10-15)6-3-2-4-7-17/h9,11-12,15,19H,2-8,10H2,1H3,(H,20,21). The molecule has 0 radical (unpaired) electrons. The molecule has 2 N–H and O–H groups in total. The van der Waals surface area contributed by atoms with Crippen molar-refractivity contribution < 1.29 is 4.79 Å². The predicted octanol–water partition coefficient (Wildman–Crippen LogP) is 2.57. The maximum atomic E-state index is 12.4. The van der Waals surface area contributed by atoms with Crippen LogP contribution >= 0.6 is 0 Å². The summed E-state index contributed by atoms with van der Waals surface area (Å²) < 4.78 is 0. The number of piperidine rings is 1. The summed E-state index contributed by atoms with van der Waals surface area (Å²) in [6.45, 7) is 2.97. The quantitative estimate of drug-likeness (QED) is 0.879. The maximum Gasteiger partial charge on any atom is 0.253 e. The highest BCUT2D eigenvalue weighted by Gasteiger charge is 2.37. The Labute approximate surface area is 126 Å². The van der Waals surface area contributed by atoms with Crippen LogP contribution in [0, 0.1) is 6.92 Å². The van der Waals surface area contributed by atoms with Gasteiger partial charge in [0.25, 0.3) is 5.91 Å². The summed E-state index contributed by atoms with van der Waals surface area (Å²) >= 11 is 0. The Morgan fingerprint density at radius 3 is 2.90 bits per heavy atom. The first-order valence-corrected chi connectivity index (χ1v) is 8.14. The van der Waals surface area contributed by atoms with Gasteiger partial charge in [0.05, 0.1) is 5.56 Å². The van der Waals surface area contributed by atoms with Crippen molar-refractivity contribution in [2.24, 2.45) is 0 Å². The average molecular weight is 287 g/mol. The highest BCUT2D eigenvalue weighted by Crippen LogP contribution is 2.34. The number of hydrogen-bond acceptors (Lipinski definition) is 3. The SMILES string of the molecule is Cc1cncc(C(=O)NC2CCNC3(CCCCC3)C2)c1. The van der Waals surface area contributed by atoms with Crippen molar-refractivity contribution in [3.05, 3.63) is 29.6 Å². The van der Waals surface area contributed by atoms with Gasteiger partial charge in [-0.2, -0.15) is 0 Å². The molecule has 1 amide bonds. The molecule has 1 aliphatic carbocycles. The van der Waals surface area contributed by atoms with Crippen molar-refractivity contribution in [1.29, 1.82) is 0 Å². The van der Waals surface area contributed by atoms with Gasteiger partial charge in [-0.1, -0.05) is 19.3 Å². The number of carbonyl (C=O) groups excluding carboxylic acids is 1. The molecule has 1 aromatic heterocycles. The molecule has 1 saturated carbocycles. The number of carbonyl (C=O) groups is 1. The number of aromatic nitrogens is 1. The number of aryl methyl sites for hydroxylation is 1. The third kappa shape index (κ3) is 3.43. The summed E-state index contributed by atoms with van der Waals surface area (Å²) in [6, 6.07) is 2.19. The summed E-state index contributed by atoms with van der Waals surface area (Å²) in [5, 5.41) is 6.94. The molecule has 1 saturated heterocycles. The lowest BCUT2D eigenvalue weighted by Gasteiger charge is -2.44. The zero-order valence-corrected chi connectivity index (χ0v) is 12.8. The largest absolute Gasteiger partial charge is 0.349 e. The normalized spacial score (nSPS) is 24.7. The van der Waals surface area contributed by atoms with Crippen LogP contribution in [-0.4, -0.2) is 29.0 Å². The molecule has 0 bridgehead atoms. The van der Waals surface area contributed by atoms with Crippen LogP contribution in [0.15, 0.2) is 18.5 Å². The van der Waals surface area contributed by atoms with Gasteiger partial charge in [0.15, 0.2) is 0 Å². The molecule has 1 unspecified atom stereocenters. The van der Waals surface area contributed by atoms with Gasteiger partial charge in [-0.15, -0.1) is 0 Å². The Morgan fingerprint density at radius 1 is 1.33 bits per heavy atom. The molecule has 1 aromatic rings. The molecule has 1 atom stereocenters. The van der Waals surface area contributed by atoms with Crippen LogP contribution in [0.4, 0.5) is 0 Å². The lowest BCUT2D eigenvalue weighted by atomic mass is 9.75. The van der Waals surface area contributed by atoms with Crippen LogP contribution in [0.1, 0.15) is 60.9 Å². The second-order valence-corrected chi connectivity index (χ2v) is 6.68. The van der Waals surface area contributed by atoms with Gasteiger partial charge in [0.1, 0.15) is 0 Å². The minimum Gasteiger partial charge on any atom is -0.349 e. The number of hydrogen-bond donors (Lipinski definition) is 2. The number of nitrogens with one attached hydrogen (secondary N) is 2. The molecular formula is C17H25N3O. The van der Waals surface area contributed by atoms with Gasteiger partial charge in [-0.3, -0.25) is 9.78 Å². The van der Waals surface area contributed by atoms with Crippen LogP contribution in [0.25, 0.3) is 0 Å². The van der Waals surface area contributed by atoms with Gasteiger partial charge in [-0.25, -0.2) is 0 Å². The first-order chi connectivity index (χ1) is 10.2. The van der Waals surface area contributed by atoms with E-state index in [2.05, 4.69) is 15.6 Å². The Hall–Kier alpha value is -1.42. The zero-order valence-electron chi connectivity index (χ0n) is 12.8. The summed E-state index contributed by atoms with van der Waals surface area (Å²) in [6.07, 6.45) is 12.0. The van der Waals surface area contributed by atoms with E-state index in [0.717, 1.165) is 24.9 Å². The third-order valence-corrected chi connectivity index (χ3v) is 4.91. The molecule has 2 heterocycles. The Kier molecular flexibility index (Phi) is 4.24. The number of pyridine rings is 1. The predicted molar refractivity (Wildman–Crippen MR) is 83.3 cm³/mol. The fourth-order valence-corrected chi connectivity index (χ4v) is 3.84. The molecule has 4 heteroatoms. The highest BCUT2D eigenvalue weighted by atomic mass is 16.1. The number of amides is 1. The molecule has 21 heavy (non-hydrogen) atoms. The highest BCUT2D eigenvalue weighted by molar-refractivity contribution is 5.94. The van der Waals surface area contributed by atoms with Crippen molar-refractivity contribution >= 4 is 5.91 Å². The number of nitrogens with zero attached hydrogens (tertiary/aromatic N) is 1. The second-order valence-electron chi connectivity index (χ2n) is 6.68. The fourth-order valence-electron chi connectivity index (χ4n) is 3.84. The Bertz CT molecular complexity index is 503. The van der Waals surface area contributed by atoms with Crippen LogP contribution in [0.3, 0.4) is 0 Å². The molecule has 4 nitrogen and oxygen atoms in total. The Balaban J connectivity index is 1.63. The van der Waals surface area contributed by atoms with E-state index in [0.29, 0.717) is 5.56 Å². The van der Waals surface area contributed by atoms with E-state index < -0.39 is 0 Å². The van der Waals surface area contributed by atoms with E-state index in [1.807, 2.05) is 13.0 Å². The fraction of sp³-hybridized carbons (Fsp3) is 0.647. The topological polar surface area (TPSA) is 54.0 Å². The minimum atomic E-state index is 0.0176. The molecule has 1 aliphatic heterocycles. The van der Waals surface area contributed by atoms with Crippen LogP contribution < -0.4 is 10.6 Å². The summed E-state index contributed by atoms with van der Waals surface area (Å²) in [5.41, 5.74) is 1.97. The van der Waals surface area contributed by atoms with E-state index >= 15 is 0 Å². The van der Waals surface area contributed by atoms with Crippen molar-refractivity contribution in [3.8, 4) is 0 Å². The molecule has 114 valence electrons. The first kappa shape index (κ1) is 14.5. The van der Waals surface area contributed by atoms with Crippen molar-refractivity contribution in [2.45, 2.75) is 63.5 Å². The van der Waals surface area contributed by atoms with Gasteiger partial charge in [0.2, 0.25) is 0 Å². The molecule has 2 fully saturated rings. The molecule has 0 aromatic carbocycles. The third-order valence-electron chi connectivity index (χ3n) is 4.91. The second kappa shape index (κ2) is 6.14. The van der Waals surface area contributed by atoms with E-state index in [9.17, 15) is 4.79 Å². The monoisotopic (exact) mass is 287 g/mol. The van der Waals surface area contributed by atoms with E-state index in [4.69, 9.17) is 0 Å². The number of rotatable bonds is 2. The van der Waals surface area contributed by atoms with Crippen LogP contribution in [-0.2, 0) is 0 Å². The molecule has 1 spiro atoms. The molecule has 3 rings (SSSR count). The summed E-state index contributed by atoms with van der Waals surface area (Å²) in [5.74, 6) is 0.0176. The molecule has 2 aliphatic rings. The average Bonchev–Trinajstić information content (AvgIpc) is 2.48. The van der Waals surface area contributed by atoms with Gasteiger partial charge in [-0.05, 0) is 50.8 Å². The lowest BCUT2D eigenvalue weighted by molar-refractivity contribution is 0.0892. The molecular weight excluding hydrogens is 262 g/mol. The Morgan fingerprint density at radius 2 is 2.14 bits per heavy atom.